The number of halogens is 5. The van der Waals surface area contributed by atoms with Gasteiger partial charge in [-0.1, -0.05) is 51.3 Å². The lowest BCUT2D eigenvalue weighted by Gasteiger charge is -2.29. The molecule has 1 nitrogen and oxygen atoms in total. The summed E-state index contributed by atoms with van der Waals surface area (Å²) in [5, 5.41) is 0. The number of alkyl halides is 3. The first kappa shape index (κ1) is 25.5. The van der Waals surface area contributed by atoms with Crippen LogP contribution in [0.1, 0.15) is 81.4 Å². The van der Waals surface area contributed by atoms with Crippen molar-refractivity contribution in [3.8, 4) is 5.75 Å². The van der Waals surface area contributed by atoms with E-state index < -0.39 is 17.9 Å². The van der Waals surface area contributed by atoms with Crippen LogP contribution in [0.25, 0.3) is 0 Å². The van der Waals surface area contributed by atoms with Gasteiger partial charge < -0.3 is 4.74 Å². The number of hydrogen-bond acceptors (Lipinski definition) is 1. The fraction of sp³-hybridized carbons (Fsp3) is 0.556. The van der Waals surface area contributed by atoms with Crippen molar-refractivity contribution < 1.29 is 26.7 Å². The van der Waals surface area contributed by atoms with Crippen LogP contribution in [0.5, 0.6) is 5.75 Å². The average Bonchev–Trinajstić information content (AvgIpc) is 2.74. The standard InChI is InChI=1S/C27H33F5O/c1-18(2)4-3-5-19-6-10-21(11-7-19)23-14-13-22(24(28)17-23)12-8-20-9-15-26(25(29)16-20)33-27(30,31)32/h9,13-19,21H,3-8,10-12H2,1-2H3. The summed E-state index contributed by atoms with van der Waals surface area (Å²) in [6, 6.07) is 8.74. The Balaban J connectivity index is 1.51. The Labute approximate surface area is 193 Å². The Morgan fingerprint density at radius 1 is 0.909 bits per heavy atom. The van der Waals surface area contributed by atoms with E-state index in [0.29, 0.717) is 29.9 Å². The maximum atomic E-state index is 14.7. The van der Waals surface area contributed by atoms with Crippen LogP contribution in [0.2, 0.25) is 0 Å². The normalized spacial score (nSPS) is 19.2. The van der Waals surface area contributed by atoms with E-state index in [9.17, 15) is 22.0 Å². The third-order valence-corrected chi connectivity index (χ3v) is 6.69. The molecule has 0 bridgehead atoms. The SMILES string of the molecule is CC(C)CCCC1CCC(c2ccc(CCc3ccc(OC(F)(F)F)c(F)c3)c(F)c2)CC1. The lowest BCUT2D eigenvalue weighted by molar-refractivity contribution is -0.275. The van der Waals surface area contributed by atoms with E-state index in [1.54, 1.807) is 12.1 Å². The van der Waals surface area contributed by atoms with Gasteiger partial charge in [-0.25, -0.2) is 8.78 Å². The summed E-state index contributed by atoms with van der Waals surface area (Å²) in [5.74, 6) is -0.284. The largest absolute Gasteiger partial charge is 0.573 e. The van der Waals surface area contributed by atoms with E-state index in [1.807, 2.05) is 6.07 Å². The van der Waals surface area contributed by atoms with Gasteiger partial charge in [-0.15, -0.1) is 13.2 Å². The zero-order chi connectivity index (χ0) is 24.0. The predicted octanol–water partition coefficient (Wildman–Crippen LogP) is 8.75. The molecule has 1 aliphatic carbocycles. The Hall–Kier alpha value is -2.11. The van der Waals surface area contributed by atoms with Gasteiger partial charge in [-0.3, -0.25) is 0 Å². The number of rotatable bonds is 9. The fourth-order valence-electron chi connectivity index (χ4n) is 4.81. The van der Waals surface area contributed by atoms with Crippen LogP contribution in [-0.4, -0.2) is 6.36 Å². The Morgan fingerprint density at radius 2 is 1.64 bits per heavy atom. The van der Waals surface area contributed by atoms with Crippen molar-refractivity contribution >= 4 is 0 Å². The van der Waals surface area contributed by atoms with Crippen LogP contribution in [0.15, 0.2) is 36.4 Å². The van der Waals surface area contributed by atoms with E-state index in [2.05, 4.69) is 18.6 Å². The lowest BCUT2D eigenvalue weighted by Crippen LogP contribution is -2.18. The smallest absolute Gasteiger partial charge is 0.403 e. The summed E-state index contributed by atoms with van der Waals surface area (Å²) in [7, 11) is 0. The first-order chi connectivity index (χ1) is 15.6. The zero-order valence-corrected chi connectivity index (χ0v) is 19.4. The van der Waals surface area contributed by atoms with Crippen molar-refractivity contribution in [2.75, 3.05) is 0 Å². The van der Waals surface area contributed by atoms with Gasteiger partial charge in [0.25, 0.3) is 0 Å². The summed E-state index contributed by atoms with van der Waals surface area (Å²) in [5.41, 5.74) is 2.05. The fourth-order valence-corrected chi connectivity index (χ4v) is 4.81. The maximum absolute atomic E-state index is 14.7. The average molecular weight is 469 g/mol. The van der Waals surface area contributed by atoms with Gasteiger partial charge in [-0.05, 0) is 91.2 Å². The van der Waals surface area contributed by atoms with Crippen molar-refractivity contribution in [1.82, 2.24) is 0 Å². The second-order valence-electron chi connectivity index (χ2n) is 9.71. The van der Waals surface area contributed by atoms with Gasteiger partial charge in [0.2, 0.25) is 0 Å². The molecule has 0 unspecified atom stereocenters. The number of hydrogen-bond donors (Lipinski definition) is 0. The van der Waals surface area contributed by atoms with Crippen molar-refractivity contribution in [3.63, 3.8) is 0 Å². The van der Waals surface area contributed by atoms with Gasteiger partial charge >= 0.3 is 6.36 Å². The highest BCUT2D eigenvalue weighted by Gasteiger charge is 2.32. The lowest BCUT2D eigenvalue weighted by atomic mass is 9.76. The molecule has 0 heterocycles. The van der Waals surface area contributed by atoms with Crippen LogP contribution in [0.3, 0.4) is 0 Å². The summed E-state index contributed by atoms with van der Waals surface area (Å²) >= 11 is 0. The van der Waals surface area contributed by atoms with Crippen LogP contribution < -0.4 is 4.74 Å². The molecular formula is C27H33F5O. The van der Waals surface area contributed by atoms with E-state index >= 15 is 0 Å². The molecule has 0 N–H and O–H groups in total. The molecular weight excluding hydrogens is 435 g/mol. The van der Waals surface area contributed by atoms with E-state index in [1.165, 1.54) is 38.2 Å². The second-order valence-corrected chi connectivity index (χ2v) is 9.71. The van der Waals surface area contributed by atoms with Gasteiger partial charge in [0.05, 0.1) is 0 Å². The molecule has 2 aromatic carbocycles. The minimum Gasteiger partial charge on any atom is -0.403 e. The first-order valence-corrected chi connectivity index (χ1v) is 11.9. The molecule has 1 fully saturated rings. The summed E-state index contributed by atoms with van der Waals surface area (Å²) in [4.78, 5) is 0. The van der Waals surface area contributed by atoms with Crippen molar-refractivity contribution in [2.45, 2.75) is 83.9 Å². The molecule has 0 radical (unpaired) electrons. The quantitative estimate of drug-likeness (QED) is 0.334. The molecule has 2 aromatic rings. The highest BCUT2D eigenvalue weighted by Crippen LogP contribution is 2.38. The molecule has 0 spiro atoms. The number of ether oxygens (including phenoxy) is 1. The van der Waals surface area contributed by atoms with E-state index in [4.69, 9.17) is 0 Å². The molecule has 1 aliphatic rings. The van der Waals surface area contributed by atoms with Crippen molar-refractivity contribution in [3.05, 3.63) is 64.7 Å². The third kappa shape index (κ3) is 8.01. The zero-order valence-electron chi connectivity index (χ0n) is 19.4. The molecule has 0 atom stereocenters. The monoisotopic (exact) mass is 468 g/mol. The molecule has 6 heteroatoms. The number of benzene rings is 2. The summed E-state index contributed by atoms with van der Waals surface area (Å²) in [6.45, 7) is 4.52. The third-order valence-electron chi connectivity index (χ3n) is 6.69. The first-order valence-electron chi connectivity index (χ1n) is 11.9. The molecule has 0 aliphatic heterocycles. The summed E-state index contributed by atoms with van der Waals surface area (Å²) < 4.78 is 69.1. The highest BCUT2D eigenvalue weighted by atomic mass is 19.4. The van der Waals surface area contributed by atoms with Gasteiger partial charge in [0.15, 0.2) is 11.6 Å². The minimum atomic E-state index is -4.94. The van der Waals surface area contributed by atoms with Gasteiger partial charge in [0.1, 0.15) is 5.82 Å². The maximum Gasteiger partial charge on any atom is 0.573 e. The molecule has 3 rings (SSSR count). The van der Waals surface area contributed by atoms with Crippen molar-refractivity contribution in [2.24, 2.45) is 11.8 Å². The minimum absolute atomic E-state index is 0.274. The van der Waals surface area contributed by atoms with Crippen LogP contribution in [-0.2, 0) is 12.8 Å². The molecule has 0 saturated heterocycles. The molecule has 0 aromatic heterocycles. The number of aryl methyl sites for hydroxylation is 2. The summed E-state index contributed by atoms with van der Waals surface area (Å²) in [6.07, 6.45) is 4.17. The van der Waals surface area contributed by atoms with E-state index in [-0.39, 0.29) is 5.82 Å². The molecule has 0 amide bonds. The van der Waals surface area contributed by atoms with Crippen molar-refractivity contribution in [1.29, 1.82) is 0 Å². The van der Waals surface area contributed by atoms with Gasteiger partial charge in [-0.2, -0.15) is 0 Å². The van der Waals surface area contributed by atoms with E-state index in [0.717, 1.165) is 42.4 Å². The predicted molar refractivity (Wildman–Crippen MR) is 120 cm³/mol. The Kier molecular flexibility index (Phi) is 8.77. The van der Waals surface area contributed by atoms with Crippen LogP contribution in [0.4, 0.5) is 22.0 Å². The van der Waals surface area contributed by atoms with Gasteiger partial charge in [0, 0.05) is 0 Å². The van der Waals surface area contributed by atoms with Crippen LogP contribution >= 0.6 is 0 Å². The highest BCUT2D eigenvalue weighted by molar-refractivity contribution is 5.32. The van der Waals surface area contributed by atoms with Crippen LogP contribution in [0, 0.1) is 23.5 Å². The molecule has 182 valence electrons. The second kappa shape index (κ2) is 11.3. The molecule has 1 saturated carbocycles. The topological polar surface area (TPSA) is 9.23 Å². The Morgan fingerprint density at radius 3 is 2.24 bits per heavy atom. The Bertz CT molecular complexity index is 898. The molecule has 33 heavy (non-hydrogen) atoms.